The second-order valence-corrected chi connectivity index (χ2v) is 7.67. The molecule has 0 aromatic heterocycles. The predicted octanol–water partition coefficient (Wildman–Crippen LogP) is 4.29. The number of nitrogens with zero attached hydrogens (tertiary/aromatic N) is 1. The predicted molar refractivity (Wildman–Crippen MR) is 117 cm³/mol. The number of hydrogen-bond acceptors (Lipinski definition) is 4. The van der Waals surface area contributed by atoms with Gasteiger partial charge in [-0.15, -0.1) is 0 Å². The Morgan fingerprint density at radius 2 is 1.76 bits per heavy atom. The summed E-state index contributed by atoms with van der Waals surface area (Å²) in [6.07, 6.45) is 6.64. The monoisotopic (exact) mass is 412 g/mol. The van der Waals surface area contributed by atoms with E-state index in [1.54, 1.807) is 12.1 Å². The molecule has 6 nitrogen and oxygen atoms in total. The number of nitrogens with one attached hydrogen (secondary N) is 3. The fraction of sp³-hybridized carbons (Fsp3) is 0.318. The van der Waals surface area contributed by atoms with E-state index in [9.17, 15) is 9.59 Å². The number of carbonyl (C=O) groups excluding carboxylic acids is 2. The van der Waals surface area contributed by atoms with E-state index < -0.39 is 11.8 Å². The summed E-state index contributed by atoms with van der Waals surface area (Å²) < 4.78 is 0. The van der Waals surface area contributed by atoms with E-state index in [-0.39, 0.29) is 6.04 Å². The lowest BCUT2D eigenvalue weighted by Crippen LogP contribution is -2.44. The lowest BCUT2D eigenvalue weighted by Gasteiger charge is -2.22. The largest absolute Gasteiger partial charge is 0.355 e. The number of rotatable bonds is 5. The third-order valence-electron chi connectivity index (χ3n) is 4.86. The van der Waals surface area contributed by atoms with Crippen molar-refractivity contribution in [2.75, 3.05) is 5.32 Å². The van der Waals surface area contributed by atoms with Gasteiger partial charge in [-0.25, -0.2) is 5.43 Å². The maximum atomic E-state index is 12.0. The third kappa shape index (κ3) is 6.32. The van der Waals surface area contributed by atoms with Crippen molar-refractivity contribution in [3.05, 3.63) is 58.6 Å². The molecule has 0 spiro atoms. The summed E-state index contributed by atoms with van der Waals surface area (Å²) >= 11 is 6.10. The molecule has 29 heavy (non-hydrogen) atoms. The maximum Gasteiger partial charge on any atom is 0.329 e. The van der Waals surface area contributed by atoms with E-state index in [0.717, 1.165) is 37.1 Å². The van der Waals surface area contributed by atoms with Crippen LogP contribution in [-0.2, 0) is 9.59 Å². The number of hydrazone groups is 1. The smallest absolute Gasteiger partial charge is 0.329 e. The number of amides is 2. The van der Waals surface area contributed by atoms with Gasteiger partial charge in [0.1, 0.15) is 0 Å². The van der Waals surface area contributed by atoms with Crippen molar-refractivity contribution < 1.29 is 9.59 Å². The molecule has 1 aliphatic carbocycles. The SMILES string of the molecule is Cc1ccc(Nc2ccc(Cl)cc2/C=N\NC(=O)C(=O)NC2CCCCC2)cc1. The number of anilines is 2. The minimum atomic E-state index is -0.776. The summed E-state index contributed by atoms with van der Waals surface area (Å²) in [5, 5.41) is 10.5. The molecule has 0 aliphatic heterocycles. The van der Waals surface area contributed by atoms with E-state index in [0.29, 0.717) is 10.6 Å². The van der Waals surface area contributed by atoms with Gasteiger partial charge in [0.05, 0.1) is 6.21 Å². The number of aryl methyl sites for hydroxylation is 1. The summed E-state index contributed by atoms with van der Waals surface area (Å²) in [5.74, 6) is -1.43. The highest BCUT2D eigenvalue weighted by Gasteiger charge is 2.19. The quantitative estimate of drug-likeness (QED) is 0.389. The van der Waals surface area contributed by atoms with Crippen LogP contribution >= 0.6 is 11.6 Å². The van der Waals surface area contributed by atoms with Gasteiger partial charge in [0.2, 0.25) is 0 Å². The molecule has 0 heterocycles. The van der Waals surface area contributed by atoms with Crippen LogP contribution in [0, 0.1) is 6.92 Å². The highest BCUT2D eigenvalue weighted by atomic mass is 35.5. The molecule has 0 bridgehead atoms. The first kappa shape index (κ1) is 20.9. The summed E-state index contributed by atoms with van der Waals surface area (Å²) in [6, 6.07) is 13.4. The molecule has 2 aromatic rings. The van der Waals surface area contributed by atoms with Crippen molar-refractivity contribution in [1.82, 2.24) is 10.7 Å². The average Bonchev–Trinajstić information content (AvgIpc) is 2.72. The molecule has 2 amide bonds. The van der Waals surface area contributed by atoms with Gasteiger partial charge < -0.3 is 10.6 Å². The summed E-state index contributed by atoms with van der Waals surface area (Å²) in [7, 11) is 0. The van der Waals surface area contributed by atoms with Gasteiger partial charge in [0.15, 0.2) is 0 Å². The second-order valence-electron chi connectivity index (χ2n) is 7.23. The van der Waals surface area contributed by atoms with Crippen LogP contribution in [0.3, 0.4) is 0 Å². The van der Waals surface area contributed by atoms with Gasteiger partial charge in [-0.1, -0.05) is 48.6 Å². The maximum absolute atomic E-state index is 12.0. The molecule has 152 valence electrons. The van der Waals surface area contributed by atoms with Crippen molar-refractivity contribution in [2.24, 2.45) is 5.10 Å². The van der Waals surface area contributed by atoms with Gasteiger partial charge in [-0.3, -0.25) is 9.59 Å². The Labute approximate surface area is 175 Å². The lowest BCUT2D eigenvalue weighted by atomic mass is 9.95. The number of benzene rings is 2. The molecule has 0 unspecified atom stereocenters. The molecule has 1 saturated carbocycles. The Morgan fingerprint density at radius 1 is 1.03 bits per heavy atom. The Bertz CT molecular complexity index is 890. The standard InChI is InChI=1S/C22H25ClN4O2/c1-15-7-10-19(11-8-15)25-20-12-9-17(23)13-16(20)14-24-27-22(29)21(28)26-18-5-3-2-4-6-18/h7-14,18,25H,2-6H2,1H3,(H,26,28)(H,27,29)/b24-14-. The molecular formula is C22H25ClN4O2. The minimum Gasteiger partial charge on any atom is -0.355 e. The van der Waals surface area contributed by atoms with Gasteiger partial charge >= 0.3 is 11.8 Å². The highest BCUT2D eigenvalue weighted by molar-refractivity contribution is 6.35. The van der Waals surface area contributed by atoms with Crippen LogP contribution < -0.4 is 16.1 Å². The van der Waals surface area contributed by atoms with Gasteiger partial charge in [0.25, 0.3) is 0 Å². The number of carbonyl (C=O) groups is 2. The Balaban J connectivity index is 1.61. The fourth-order valence-electron chi connectivity index (χ4n) is 3.26. The molecule has 3 N–H and O–H groups in total. The number of hydrogen-bond donors (Lipinski definition) is 3. The van der Waals surface area contributed by atoms with Crippen molar-refractivity contribution in [3.8, 4) is 0 Å². The lowest BCUT2D eigenvalue weighted by molar-refractivity contribution is -0.139. The molecule has 3 rings (SSSR count). The molecule has 1 aliphatic rings. The molecule has 2 aromatic carbocycles. The van der Waals surface area contributed by atoms with E-state index in [2.05, 4.69) is 21.2 Å². The zero-order chi connectivity index (χ0) is 20.6. The normalized spacial score (nSPS) is 14.6. The minimum absolute atomic E-state index is 0.0734. The zero-order valence-electron chi connectivity index (χ0n) is 16.4. The van der Waals surface area contributed by atoms with E-state index in [1.165, 1.54) is 18.2 Å². The third-order valence-corrected chi connectivity index (χ3v) is 5.10. The molecule has 1 fully saturated rings. The summed E-state index contributed by atoms with van der Waals surface area (Å²) in [6.45, 7) is 2.03. The van der Waals surface area contributed by atoms with Crippen LogP contribution in [0.15, 0.2) is 47.6 Å². The first-order valence-electron chi connectivity index (χ1n) is 9.78. The number of halogens is 1. The van der Waals surface area contributed by atoms with Crippen molar-refractivity contribution in [3.63, 3.8) is 0 Å². The van der Waals surface area contributed by atoms with Crippen LogP contribution in [0.25, 0.3) is 0 Å². The van der Waals surface area contributed by atoms with Crippen LogP contribution in [0.1, 0.15) is 43.2 Å². The average molecular weight is 413 g/mol. The summed E-state index contributed by atoms with van der Waals surface area (Å²) in [5.41, 5.74) is 5.84. The first-order valence-corrected chi connectivity index (χ1v) is 10.2. The van der Waals surface area contributed by atoms with Gasteiger partial charge in [-0.2, -0.15) is 5.10 Å². The Kier molecular flexibility index (Phi) is 7.25. The second kappa shape index (κ2) is 10.1. The Hall–Kier alpha value is -2.86. The molecule has 0 saturated heterocycles. The highest BCUT2D eigenvalue weighted by Crippen LogP contribution is 2.23. The molecule has 0 radical (unpaired) electrons. The van der Waals surface area contributed by atoms with Crippen LogP contribution in [0.5, 0.6) is 0 Å². The van der Waals surface area contributed by atoms with E-state index in [4.69, 9.17) is 11.6 Å². The van der Waals surface area contributed by atoms with Gasteiger partial charge in [-0.05, 0) is 50.1 Å². The Morgan fingerprint density at radius 3 is 2.48 bits per heavy atom. The van der Waals surface area contributed by atoms with Crippen molar-refractivity contribution in [1.29, 1.82) is 0 Å². The molecule has 0 atom stereocenters. The molecule has 7 heteroatoms. The summed E-state index contributed by atoms with van der Waals surface area (Å²) in [4.78, 5) is 24.0. The fourth-order valence-corrected chi connectivity index (χ4v) is 3.44. The van der Waals surface area contributed by atoms with Gasteiger partial charge in [0, 0.05) is 28.0 Å². The van der Waals surface area contributed by atoms with Crippen molar-refractivity contribution in [2.45, 2.75) is 45.1 Å². The topological polar surface area (TPSA) is 82.6 Å². The van der Waals surface area contributed by atoms with Crippen LogP contribution in [-0.4, -0.2) is 24.1 Å². The zero-order valence-corrected chi connectivity index (χ0v) is 17.1. The van der Waals surface area contributed by atoms with Crippen LogP contribution in [0.2, 0.25) is 5.02 Å². The molecular weight excluding hydrogens is 388 g/mol. The van der Waals surface area contributed by atoms with E-state index >= 15 is 0 Å². The van der Waals surface area contributed by atoms with E-state index in [1.807, 2.05) is 37.3 Å². The first-order chi connectivity index (χ1) is 14.0. The van der Waals surface area contributed by atoms with Crippen LogP contribution in [0.4, 0.5) is 11.4 Å². The van der Waals surface area contributed by atoms with Crippen molar-refractivity contribution >= 4 is 41.0 Å².